The number of carbonyl (C=O) groups excluding carboxylic acids is 1. The number of nitrogens with two attached hydrogens (primary N) is 1. The van der Waals surface area contributed by atoms with Gasteiger partial charge in [0.05, 0.1) is 0 Å². The van der Waals surface area contributed by atoms with Crippen LogP contribution in [0.4, 0.5) is 5.69 Å². The Kier molecular flexibility index (Phi) is 3.57. The van der Waals surface area contributed by atoms with Crippen molar-refractivity contribution in [3.05, 3.63) is 30.3 Å². The summed E-state index contributed by atoms with van der Waals surface area (Å²) in [4.78, 5) is 14.0. The van der Waals surface area contributed by atoms with E-state index >= 15 is 0 Å². The zero-order valence-corrected chi connectivity index (χ0v) is 9.43. The van der Waals surface area contributed by atoms with E-state index in [1.807, 2.05) is 35.2 Å². The fourth-order valence-electron chi connectivity index (χ4n) is 1.77. The quantitative estimate of drug-likeness (QED) is 0.818. The van der Waals surface area contributed by atoms with E-state index in [-0.39, 0.29) is 11.8 Å². The molecule has 0 unspecified atom stereocenters. The second-order valence-corrected chi connectivity index (χ2v) is 4.24. The van der Waals surface area contributed by atoms with Crippen molar-refractivity contribution in [1.82, 2.24) is 0 Å². The predicted octanol–water partition coefficient (Wildman–Crippen LogP) is 1.78. The fourth-order valence-corrected chi connectivity index (χ4v) is 1.77. The van der Waals surface area contributed by atoms with Crippen LogP contribution in [0.5, 0.6) is 0 Å². The molecule has 3 nitrogen and oxygen atoms in total. The first-order valence-corrected chi connectivity index (χ1v) is 5.89. The summed E-state index contributed by atoms with van der Waals surface area (Å²) in [6, 6.07) is 9.86. The second kappa shape index (κ2) is 5.12. The van der Waals surface area contributed by atoms with Crippen molar-refractivity contribution in [2.75, 3.05) is 18.0 Å². The Balaban J connectivity index is 2.10. The van der Waals surface area contributed by atoms with E-state index in [4.69, 9.17) is 5.73 Å². The maximum Gasteiger partial charge on any atom is 0.230 e. The van der Waals surface area contributed by atoms with Crippen molar-refractivity contribution in [3.8, 4) is 0 Å². The lowest BCUT2D eigenvalue weighted by atomic mass is 10.2. The normalized spacial score (nSPS) is 14.8. The standard InChI is InChI=1S/C13H18N2O/c14-9-4-10-15(13(16)11-7-8-11)12-5-2-1-3-6-12/h1-3,5-6,11H,4,7-10,14H2. The highest BCUT2D eigenvalue weighted by Crippen LogP contribution is 2.32. The second-order valence-electron chi connectivity index (χ2n) is 4.24. The van der Waals surface area contributed by atoms with Crippen molar-refractivity contribution >= 4 is 11.6 Å². The molecule has 2 N–H and O–H groups in total. The molecule has 16 heavy (non-hydrogen) atoms. The maximum atomic E-state index is 12.1. The molecular formula is C13H18N2O. The molecule has 0 atom stereocenters. The van der Waals surface area contributed by atoms with Crippen LogP contribution in [0.15, 0.2) is 30.3 Å². The number of carbonyl (C=O) groups is 1. The lowest BCUT2D eigenvalue weighted by Crippen LogP contribution is -2.34. The SMILES string of the molecule is NCCCN(C(=O)C1CC1)c1ccccc1. The van der Waals surface area contributed by atoms with Gasteiger partial charge in [0.25, 0.3) is 0 Å². The molecule has 1 fully saturated rings. The average molecular weight is 218 g/mol. The van der Waals surface area contributed by atoms with Crippen LogP contribution < -0.4 is 10.6 Å². The van der Waals surface area contributed by atoms with Crippen LogP contribution in [0.2, 0.25) is 0 Å². The van der Waals surface area contributed by atoms with Crippen molar-refractivity contribution in [3.63, 3.8) is 0 Å². The van der Waals surface area contributed by atoms with Crippen LogP contribution in [-0.2, 0) is 4.79 Å². The summed E-state index contributed by atoms with van der Waals surface area (Å²) in [6.45, 7) is 1.36. The van der Waals surface area contributed by atoms with Crippen molar-refractivity contribution in [2.24, 2.45) is 11.7 Å². The first kappa shape index (κ1) is 11.1. The minimum Gasteiger partial charge on any atom is -0.330 e. The third-order valence-electron chi connectivity index (χ3n) is 2.85. The van der Waals surface area contributed by atoms with Gasteiger partial charge in [-0.05, 0) is 37.9 Å². The average Bonchev–Trinajstić information content (AvgIpc) is 3.14. The smallest absolute Gasteiger partial charge is 0.230 e. The Morgan fingerprint density at radius 3 is 2.56 bits per heavy atom. The molecule has 2 rings (SSSR count). The molecule has 86 valence electrons. The van der Waals surface area contributed by atoms with Crippen molar-refractivity contribution < 1.29 is 4.79 Å². The first-order chi connectivity index (χ1) is 7.83. The Labute approximate surface area is 96.2 Å². The van der Waals surface area contributed by atoms with E-state index in [1.54, 1.807) is 0 Å². The zero-order chi connectivity index (χ0) is 11.4. The Hall–Kier alpha value is -1.35. The van der Waals surface area contributed by atoms with Crippen LogP contribution in [0, 0.1) is 5.92 Å². The third kappa shape index (κ3) is 2.61. The number of rotatable bonds is 5. The number of para-hydroxylation sites is 1. The van der Waals surface area contributed by atoms with Gasteiger partial charge < -0.3 is 10.6 Å². The monoisotopic (exact) mass is 218 g/mol. The Morgan fingerprint density at radius 1 is 1.31 bits per heavy atom. The summed E-state index contributed by atoms with van der Waals surface area (Å²) < 4.78 is 0. The summed E-state index contributed by atoms with van der Waals surface area (Å²) >= 11 is 0. The zero-order valence-electron chi connectivity index (χ0n) is 9.43. The third-order valence-corrected chi connectivity index (χ3v) is 2.85. The van der Waals surface area contributed by atoms with Gasteiger partial charge in [-0.1, -0.05) is 18.2 Å². The largest absolute Gasteiger partial charge is 0.330 e. The molecule has 3 heteroatoms. The van der Waals surface area contributed by atoms with Gasteiger partial charge in [-0.3, -0.25) is 4.79 Å². The Bertz CT molecular complexity index is 346. The molecule has 1 aromatic carbocycles. The number of benzene rings is 1. The van der Waals surface area contributed by atoms with Gasteiger partial charge in [0.1, 0.15) is 0 Å². The van der Waals surface area contributed by atoms with Crippen LogP contribution in [0.1, 0.15) is 19.3 Å². The van der Waals surface area contributed by atoms with Crippen LogP contribution in [-0.4, -0.2) is 19.0 Å². The summed E-state index contributed by atoms with van der Waals surface area (Å²) in [5.74, 6) is 0.526. The Morgan fingerprint density at radius 2 is 2.00 bits per heavy atom. The highest BCUT2D eigenvalue weighted by molar-refractivity contribution is 5.96. The van der Waals surface area contributed by atoms with Crippen LogP contribution >= 0.6 is 0 Å². The summed E-state index contributed by atoms with van der Waals surface area (Å²) in [5, 5.41) is 0. The molecule has 0 spiro atoms. The van der Waals surface area contributed by atoms with E-state index in [9.17, 15) is 4.79 Å². The maximum absolute atomic E-state index is 12.1. The lowest BCUT2D eigenvalue weighted by Gasteiger charge is -2.22. The molecule has 0 radical (unpaired) electrons. The van der Waals surface area contributed by atoms with Crippen LogP contribution in [0.25, 0.3) is 0 Å². The minimum atomic E-state index is 0.262. The summed E-state index contributed by atoms with van der Waals surface area (Å²) in [6.07, 6.45) is 2.95. The lowest BCUT2D eigenvalue weighted by molar-refractivity contribution is -0.119. The van der Waals surface area contributed by atoms with Crippen molar-refractivity contribution in [1.29, 1.82) is 0 Å². The number of hydrogen-bond acceptors (Lipinski definition) is 2. The molecule has 0 aromatic heterocycles. The summed E-state index contributed by atoms with van der Waals surface area (Å²) in [7, 11) is 0. The van der Waals surface area contributed by atoms with E-state index in [0.29, 0.717) is 6.54 Å². The van der Waals surface area contributed by atoms with Gasteiger partial charge >= 0.3 is 0 Å². The van der Waals surface area contributed by atoms with E-state index < -0.39 is 0 Å². The first-order valence-electron chi connectivity index (χ1n) is 5.89. The minimum absolute atomic E-state index is 0.262. The van der Waals surface area contributed by atoms with Gasteiger partial charge in [0.15, 0.2) is 0 Å². The van der Waals surface area contributed by atoms with Gasteiger partial charge in [0.2, 0.25) is 5.91 Å². The molecule has 1 aromatic rings. The van der Waals surface area contributed by atoms with Gasteiger partial charge in [0, 0.05) is 18.2 Å². The van der Waals surface area contributed by atoms with Gasteiger partial charge in [-0.2, -0.15) is 0 Å². The topological polar surface area (TPSA) is 46.3 Å². The fraction of sp³-hybridized carbons (Fsp3) is 0.462. The molecular weight excluding hydrogens is 200 g/mol. The van der Waals surface area contributed by atoms with E-state index in [0.717, 1.165) is 31.5 Å². The molecule has 1 aliphatic carbocycles. The number of amides is 1. The van der Waals surface area contributed by atoms with Gasteiger partial charge in [-0.25, -0.2) is 0 Å². The molecule has 0 heterocycles. The highest BCUT2D eigenvalue weighted by atomic mass is 16.2. The van der Waals surface area contributed by atoms with Crippen molar-refractivity contribution in [2.45, 2.75) is 19.3 Å². The van der Waals surface area contributed by atoms with Gasteiger partial charge in [-0.15, -0.1) is 0 Å². The number of nitrogens with zero attached hydrogens (tertiary/aromatic N) is 1. The molecule has 0 saturated heterocycles. The molecule has 1 aliphatic rings. The van der Waals surface area contributed by atoms with Crippen LogP contribution in [0.3, 0.4) is 0 Å². The molecule has 0 bridgehead atoms. The molecule has 1 amide bonds. The highest BCUT2D eigenvalue weighted by Gasteiger charge is 2.33. The molecule has 1 saturated carbocycles. The number of hydrogen-bond donors (Lipinski definition) is 1. The number of anilines is 1. The summed E-state index contributed by atoms with van der Waals surface area (Å²) in [5.41, 5.74) is 6.50. The molecule has 0 aliphatic heterocycles. The predicted molar refractivity (Wildman–Crippen MR) is 65.2 cm³/mol. The van der Waals surface area contributed by atoms with E-state index in [1.165, 1.54) is 0 Å². The van der Waals surface area contributed by atoms with E-state index in [2.05, 4.69) is 0 Å².